The van der Waals surface area contributed by atoms with Gasteiger partial charge in [-0.25, -0.2) is 0 Å². The molecule has 0 aromatic heterocycles. The number of nitrogens with one attached hydrogen (secondary N) is 1. The molecule has 22 heavy (non-hydrogen) atoms. The summed E-state index contributed by atoms with van der Waals surface area (Å²) in [6.45, 7) is 5.17. The van der Waals surface area contributed by atoms with Crippen LogP contribution in [0, 0.1) is 0 Å². The fraction of sp³-hybridized carbons (Fsp3) is 0.533. The highest BCUT2D eigenvalue weighted by Crippen LogP contribution is 2.19. The molecule has 126 valence electrons. The van der Waals surface area contributed by atoms with Gasteiger partial charge in [-0.2, -0.15) is 0 Å². The predicted molar refractivity (Wildman–Crippen MR) is 97.6 cm³/mol. The van der Waals surface area contributed by atoms with E-state index in [1.807, 2.05) is 6.92 Å². The van der Waals surface area contributed by atoms with Gasteiger partial charge in [0.05, 0.1) is 10.6 Å². The molecule has 0 radical (unpaired) electrons. The van der Waals surface area contributed by atoms with Gasteiger partial charge in [0, 0.05) is 18.3 Å². The number of anilines is 1. The van der Waals surface area contributed by atoms with Gasteiger partial charge >= 0.3 is 0 Å². The molecule has 1 fully saturated rings. The van der Waals surface area contributed by atoms with E-state index in [4.69, 9.17) is 17.3 Å². The quantitative estimate of drug-likeness (QED) is 0.801. The number of amides is 1. The van der Waals surface area contributed by atoms with Gasteiger partial charge < -0.3 is 16.0 Å². The van der Waals surface area contributed by atoms with Gasteiger partial charge in [0.2, 0.25) is 0 Å². The van der Waals surface area contributed by atoms with Crippen molar-refractivity contribution in [3.63, 3.8) is 0 Å². The lowest BCUT2D eigenvalue weighted by molar-refractivity contribution is 0.0926. The summed E-state index contributed by atoms with van der Waals surface area (Å²) in [6, 6.07) is 5.07. The molecule has 1 aromatic rings. The number of likely N-dealkylation sites (tertiary alicyclic amines) is 1. The Bertz CT molecular complexity index is 479. The number of nitrogen functional groups attached to an aromatic ring is 1. The lowest BCUT2D eigenvalue weighted by atomic mass is 10.1. The van der Waals surface area contributed by atoms with E-state index >= 15 is 0 Å². The maximum Gasteiger partial charge on any atom is 0.253 e. The van der Waals surface area contributed by atoms with Crippen LogP contribution in [-0.4, -0.2) is 36.5 Å². The number of halogens is 3. The lowest BCUT2D eigenvalue weighted by Crippen LogP contribution is -2.43. The largest absolute Gasteiger partial charge is 0.399 e. The molecule has 0 bridgehead atoms. The number of carbonyl (C=O) groups is 1. The molecule has 1 amide bonds. The second kappa shape index (κ2) is 10.2. The minimum atomic E-state index is -0.139. The molecular weight excluding hydrogens is 345 g/mol. The molecule has 1 aliphatic heterocycles. The molecule has 7 heteroatoms. The van der Waals surface area contributed by atoms with Gasteiger partial charge in [0.15, 0.2) is 0 Å². The van der Waals surface area contributed by atoms with Crippen LogP contribution in [0.4, 0.5) is 5.69 Å². The molecule has 1 aromatic carbocycles. The van der Waals surface area contributed by atoms with Gasteiger partial charge in [-0.15, -0.1) is 24.8 Å². The average molecular weight is 369 g/mol. The molecule has 1 atom stereocenters. The zero-order chi connectivity index (χ0) is 14.5. The maximum atomic E-state index is 12.2. The Labute approximate surface area is 149 Å². The summed E-state index contributed by atoms with van der Waals surface area (Å²) in [4.78, 5) is 14.6. The van der Waals surface area contributed by atoms with E-state index in [1.165, 1.54) is 19.3 Å². The molecule has 4 nitrogen and oxygen atoms in total. The summed E-state index contributed by atoms with van der Waals surface area (Å²) in [5, 5.41) is 3.39. The van der Waals surface area contributed by atoms with E-state index in [0.29, 0.717) is 16.3 Å². The van der Waals surface area contributed by atoms with Crippen LogP contribution in [0.15, 0.2) is 18.2 Å². The second-order valence-corrected chi connectivity index (χ2v) is 5.88. The van der Waals surface area contributed by atoms with Crippen molar-refractivity contribution in [2.45, 2.75) is 32.2 Å². The Morgan fingerprint density at radius 2 is 1.95 bits per heavy atom. The van der Waals surface area contributed by atoms with Gasteiger partial charge in [-0.3, -0.25) is 4.79 Å². The Hall–Kier alpha value is -0.680. The SMILES string of the molecule is CC(CN1CCCCC1)NC(=O)c1ccc(N)cc1Cl.Cl.Cl. The van der Waals surface area contributed by atoms with Crippen molar-refractivity contribution in [1.29, 1.82) is 0 Å². The predicted octanol–water partition coefficient (Wildman–Crippen LogP) is 3.37. The molecular formula is C15H24Cl3N3O. The van der Waals surface area contributed by atoms with Crippen LogP contribution in [-0.2, 0) is 0 Å². The van der Waals surface area contributed by atoms with Crippen molar-refractivity contribution < 1.29 is 4.79 Å². The van der Waals surface area contributed by atoms with Crippen LogP contribution < -0.4 is 11.1 Å². The van der Waals surface area contributed by atoms with Gasteiger partial charge in [-0.05, 0) is 51.1 Å². The van der Waals surface area contributed by atoms with E-state index in [2.05, 4.69) is 10.2 Å². The third kappa shape index (κ3) is 6.21. The van der Waals surface area contributed by atoms with Crippen LogP contribution in [0.2, 0.25) is 5.02 Å². The van der Waals surface area contributed by atoms with Gasteiger partial charge in [-0.1, -0.05) is 18.0 Å². The van der Waals surface area contributed by atoms with Crippen LogP contribution in [0.1, 0.15) is 36.5 Å². The number of hydrogen-bond acceptors (Lipinski definition) is 3. The Kier molecular flexibility index (Phi) is 9.85. The van der Waals surface area contributed by atoms with E-state index in [9.17, 15) is 4.79 Å². The Morgan fingerprint density at radius 3 is 2.55 bits per heavy atom. The minimum Gasteiger partial charge on any atom is -0.399 e. The summed E-state index contributed by atoms with van der Waals surface area (Å²) >= 11 is 6.05. The number of nitrogens with zero attached hydrogens (tertiary/aromatic N) is 1. The number of rotatable bonds is 4. The van der Waals surface area contributed by atoms with Crippen LogP contribution in [0.3, 0.4) is 0 Å². The zero-order valence-electron chi connectivity index (χ0n) is 12.7. The van der Waals surface area contributed by atoms with Crippen molar-refractivity contribution in [1.82, 2.24) is 10.2 Å². The highest BCUT2D eigenvalue weighted by molar-refractivity contribution is 6.34. The molecule has 1 heterocycles. The highest BCUT2D eigenvalue weighted by atomic mass is 35.5. The number of benzene rings is 1. The fourth-order valence-electron chi connectivity index (χ4n) is 2.59. The topological polar surface area (TPSA) is 58.4 Å². The van der Waals surface area contributed by atoms with Crippen molar-refractivity contribution in [2.75, 3.05) is 25.4 Å². The number of nitrogens with two attached hydrogens (primary N) is 1. The highest BCUT2D eigenvalue weighted by Gasteiger charge is 2.17. The Morgan fingerprint density at radius 1 is 1.32 bits per heavy atom. The standard InChI is InChI=1S/C15H22ClN3O.2ClH/c1-11(10-19-7-3-2-4-8-19)18-15(20)13-6-5-12(17)9-14(13)16;;/h5-6,9,11H,2-4,7-8,10,17H2,1H3,(H,18,20);2*1H. The number of piperidine rings is 1. The van der Waals surface area contributed by atoms with Crippen molar-refractivity contribution >= 4 is 48.0 Å². The van der Waals surface area contributed by atoms with Crippen molar-refractivity contribution in [3.8, 4) is 0 Å². The third-order valence-electron chi connectivity index (χ3n) is 3.60. The van der Waals surface area contributed by atoms with Crippen molar-refractivity contribution in [2.24, 2.45) is 0 Å². The first-order valence-electron chi connectivity index (χ1n) is 7.14. The number of carbonyl (C=O) groups excluding carboxylic acids is 1. The summed E-state index contributed by atoms with van der Waals surface area (Å²) in [5.74, 6) is -0.139. The molecule has 0 saturated carbocycles. The Balaban J connectivity index is 0.00000220. The summed E-state index contributed by atoms with van der Waals surface area (Å²) < 4.78 is 0. The number of hydrogen-bond donors (Lipinski definition) is 2. The molecule has 0 aliphatic carbocycles. The zero-order valence-corrected chi connectivity index (χ0v) is 15.1. The van der Waals surface area contributed by atoms with Crippen LogP contribution in [0.25, 0.3) is 0 Å². The average Bonchev–Trinajstić information content (AvgIpc) is 2.39. The van der Waals surface area contributed by atoms with Gasteiger partial charge in [0.1, 0.15) is 0 Å². The maximum absolute atomic E-state index is 12.2. The van der Waals surface area contributed by atoms with Crippen molar-refractivity contribution in [3.05, 3.63) is 28.8 Å². The lowest BCUT2D eigenvalue weighted by Gasteiger charge is -2.29. The fourth-order valence-corrected chi connectivity index (χ4v) is 2.87. The van der Waals surface area contributed by atoms with E-state index in [-0.39, 0.29) is 36.8 Å². The van der Waals surface area contributed by atoms with E-state index < -0.39 is 0 Å². The molecule has 3 N–H and O–H groups in total. The summed E-state index contributed by atoms with van der Waals surface area (Å²) in [5.41, 5.74) is 6.67. The van der Waals surface area contributed by atoms with Gasteiger partial charge in [0.25, 0.3) is 5.91 Å². The first kappa shape index (κ1) is 21.3. The monoisotopic (exact) mass is 367 g/mol. The molecule has 1 saturated heterocycles. The molecule has 0 spiro atoms. The first-order valence-corrected chi connectivity index (χ1v) is 7.52. The third-order valence-corrected chi connectivity index (χ3v) is 3.91. The minimum absolute atomic E-state index is 0. The molecule has 1 unspecified atom stereocenters. The molecule has 2 rings (SSSR count). The van der Waals surface area contributed by atoms with E-state index in [0.717, 1.165) is 19.6 Å². The normalized spacial score (nSPS) is 16.1. The summed E-state index contributed by atoms with van der Waals surface area (Å²) in [6.07, 6.45) is 3.83. The first-order chi connectivity index (χ1) is 9.56. The second-order valence-electron chi connectivity index (χ2n) is 5.48. The van der Waals surface area contributed by atoms with Crippen LogP contribution >= 0.6 is 36.4 Å². The smallest absolute Gasteiger partial charge is 0.253 e. The summed E-state index contributed by atoms with van der Waals surface area (Å²) in [7, 11) is 0. The molecule has 1 aliphatic rings. The van der Waals surface area contributed by atoms with Crippen LogP contribution in [0.5, 0.6) is 0 Å². The van der Waals surface area contributed by atoms with E-state index in [1.54, 1.807) is 18.2 Å².